The molecule has 106 valence electrons. The van der Waals surface area contributed by atoms with Gasteiger partial charge in [0.2, 0.25) is 0 Å². The summed E-state index contributed by atoms with van der Waals surface area (Å²) < 4.78 is 0. The minimum atomic E-state index is -0.307. The average molecular weight is 253 g/mol. The van der Waals surface area contributed by atoms with Crippen molar-refractivity contribution in [2.75, 3.05) is 26.7 Å². The molecule has 0 bridgehead atoms. The SMILES string of the molecule is CCCCCN(C)CCCC(C#N)(CC)NCC. The molecule has 0 heterocycles. The van der Waals surface area contributed by atoms with Crippen molar-refractivity contribution in [1.29, 1.82) is 5.26 Å². The lowest BCUT2D eigenvalue weighted by Gasteiger charge is -2.27. The van der Waals surface area contributed by atoms with Gasteiger partial charge in [-0.2, -0.15) is 5.26 Å². The lowest BCUT2D eigenvalue weighted by molar-refractivity contribution is 0.291. The van der Waals surface area contributed by atoms with Crippen LogP contribution in [0.25, 0.3) is 0 Å². The Bertz CT molecular complexity index is 234. The molecule has 18 heavy (non-hydrogen) atoms. The number of nitriles is 1. The van der Waals surface area contributed by atoms with Crippen molar-refractivity contribution in [1.82, 2.24) is 10.2 Å². The van der Waals surface area contributed by atoms with Crippen LogP contribution in [0.15, 0.2) is 0 Å². The monoisotopic (exact) mass is 253 g/mol. The van der Waals surface area contributed by atoms with Crippen molar-refractivity contribution in [2.24, 2.45) is 0 Å². The molecule has 0 spiro atoms. The lowest BCUT2D eigenvalue weighted by atomic mass is 9.92. The standard InChI is InChI=1S/C15H31N3/c1-5-8-9-12-18(4)13-10-11-15(6-2,14-16)17-7-3/h17H,5-13H2,1-4H3. The zero-order chi connectivity index (χ0) is 13.9. The van der Waals surface area contributed by atoms with Gasteiger partial charge >= 0.3 is 0 Å². The van der Waals surface area contributed by atoms with Gasteiger partial charge in [0.25, 0.3) is 0 Å². The van der Waals surface area contributed by atoms with Crippen molar-refractivity contribution in [2.45, 2.75) is 64.8 Å². The molecule has 0 aliphatic carbocycles. The summed E-state index contributed by atoms with van der Waals surface area (Å²) in [6.07, 6.45) is 6.82. The van der Waals surface area contributed by atoms with Crippen LogP contribution in [0.5, 0.6) is 0 Å². The fourth-order valence-electron chi connectivity index (χ4n) is 2.30. The smallest absolute Gasteiger partial charge is 0.106 e. The van der Waals surface area contributed by atoms with Crippen LogP contribution in [0.3, 0.4) is 0 Å². The van der Waals surface area contributed by atoms with Gasteiger partial charge in [-0.1, -0.05) is 33.6 Å². The van der Waals surface area contributed by atoms with E-state index in [2.05, 4.69) is 44.1 Å². The summed E-state index contributed by atoms with van der Waals surface area (Å²) in [7, 11) is 2.18. The van der Waals surface area contributed by atoms with E-state index in [9.17, 15) is 5.26 Å². The second-order valence-corrected chi connectivity index (χ2v) is 5.19. The maximum absolute atomic E-state index is 9.32. The molecule has 0 fully saturated rings. The number of nitrogens with zero attached hydrogens (tertiary/aromatic N) is 2. The third-order valence-corrected chi connectivity index (χ3v) is 3.62. The first-order chi connectivity index (χ1) is 8.64. The van der Waals surface area contributed by atoms with Crippen LogP contribution in [0.1, 0.15) is 59.3 Å². The third-order valence-electron chi connectivity index (χ3n) is 3.62. The summed E-state index contributed by atoms with van der Waals surface area (Å²) in [5, 5.41) is 12.7. The van der Waals surface area contributed by atoms with Gasteiger partial charge in [-0.15, -0.1) is 0 Å². The molecule has 0 rings (SSSR count). The largest absolute Gasteiger partial charge is 0.306 e. The molecule has 0 aromatic carbocycles. The Morgan fingerprint density at radius 1 is 1.11 bits per heavy atom. The maximum Gasteiger partial charge on any atom is 0.106 e. The van der Waals surface area contributed by atoms with Gasteiger partial charge < -0.3 is 4.90 Å². The van der Waals surface area contributed by atoms with Gasteiger partial charge in [-0.25, -0.2) is 0 Å². The molecule has 0 saturated heterocycles. The molecule has 0 aromatic rings. The molecule has 3 nitrogen and oxygen atoms in total. The first-order valence-electron chi connectivity index (χ1n) is 7.49. The summed E-state index contributed by atoms with van der Waals surface area (Å²) in [5.41, 5.74) is -0.307. The van der Waals surface area contributed by atoms with Gasteiger partial charge in [-0.05, 0) is 52.4 Å². The molecule has 0 aliphatic rings. The number of unbranched alkanes of at least 4 members (excludes halogenated alkanes) is 2. The molecule has 0 saturated carbocycles. The van der Waals surface area contributed by atoms with Crippen LogP contribution in [0.2, 0.25) is 0 Å². The van der Waals surface area contributed by atoms with Gasteiger partial charge in [-0.3, -0.25) is 5.32 Å². The van der Waals surface area contributed by atoms with E-state index in [1.165, 1.54) is 25.8 Å². The lowest BCUT2D eigenvalue weighted by Crippen LogP contribution is -2.43. The topological polar surface area (TPSA) is 39.1 Å². The van der Waals surface area contributed by atoms with Crippen LogP contribution in [0, 0.1) is 11.3 Å². The highest BCUT2D eigenvalue weighted by Gasteiger charge is 2.25. The summed E-state index contributed by atoms with van der Waals surface area (Å²) >= 11 is 0. The first-order valence-corrected chi connectivity index (χ1v) is 7.49. The van der Waals surface area contributed by atoms with E-state index in [1.54, 1.807) is 0 Å². The van der Waals surface area contributed by atoms with Crippen LogP contribution in [-0.2, 0) is 0 Å². The molecule has 0 radical (unpaired) electrons. The third kappa shape index (κ3) is 6.98. The molecule has 1 N–H and O–H groups in total. The van der Waals surface area contributed by atoms with Gasteiger partial charge in [0, 0.05) is 0 Å². The predicted octanol–water partition coefficient (Wildman–Crippen LogP) is 3.17. The number of nitrogens with one attached hydrogen (secondary N) is 1. The zero-order valence-electron chi connectivity index (χ0n) is 12.8. The molecule has 0 aromatic heterocycles. The molecule has 0 amide bonds. The molecule has 0 aliphatic heterocycles. The predicted molar refractivity (Wildman–Crippen MR) is 78.6 cm³/mol. The molecule has 1 unspecified atom stereocenters. The highest BCUT2D eigenvalue weighted by Crippen LogP contribution is 2.16. The maximum atomic E-state index is 9.32. The van der Waals surface area contributed by atoms with E-state index in [0.717, 1.165) is 32.4 Å². The van der Waals surface area contributed by atoms with E-state index in [-0.39, 0.29) is 5.54 Å². The van der Waals surface area contributed by atoms with E-state index in [0.29, 0.717) is 0 Å². The normalized spacial score (nSPS) is 14.4. The Kier molecular flexibility index (Phi) is 10.0. The minimum Gasteiger partial charge on any atom is -0.306 e. The van der Waals surface area contributed by atoms with Gasteiger partial charge in [0.05, 0.1) is 6.07 Å². The number of hydrogen-bond donors (Lipinski definition) is 1. The second-order valence-electron chi connectivity index (χ2n) is 5.19. The summed E-state index contributed by atoms with van der Waals surface area (Å²) in [6, 6.07) is 2.46. The van der Waals surface area contributed by atoms with Gasteiger partial charge in [0.1, 0.15) is 5.54 Å². The van der Waals surface area contributed by atoms with E-state index in [1.807, 2.05) is 0 Å². The number of hydrogen-bond acceptors (Lipinski definition) is 3. The summed E-state index contributed by atoms with van der Waals surface area (Å²) in [5.74, 6) is 0. The van der Waals surface area contributed by atoms with Crippen LogP contribution in [-0.4, -0.2) is 37.1 Å². The number of rotatable bonds is 11. The average Bonchev–Trinajstić information content (AvgIpc) is 2.38. The van der Waals surface area contributed by atoms with E-state index < -0.39 is 0 Å². The van der Waals surface area contributed by atoms with Crippen molar-refractivity contribution in [3.05, 3.63) is 0 Å². The Labute approximate surface area is 114 Å². The van der Waals surface area contributed by atoms with Crippen molar-refractivity contribution < 1.29 is 0 Å². The summed E-state index contributed by atoms with van der Waals surface area (Å²) in [6.45, 7) is 9.54. The van der Waals surface area contributed by atoms with Crippen molar-refractivity contribution in [3.63, 3.8) is 0 Å². The quantitative estimate of drug-likeness (QED) is 0.575. The second kappa shape index (κ2) is 10.3. The summed E-state index contributed by atoms with van der Waals surface area (Å²) in [4.78, 5) is 2.39. The fourth-order valence-corrected chi connectivity index (χ4v) is 2.30. The van der Waals surface area contributed by atoms with Crippen LogP contribution in [0.4, 0.5) is 0 Å². The molecular formula is C15H31N3. The molecule has 1 atom stereocenters. The van der Waals surface area contributed by atoms with E-state index >= 15 is 0 Å². The highest BCUT2D eigenvalue weighted by atomic mass is 15.1. The zero-order valence-corrected chi connectivity index (χ0v) is 12.8. The Morgan fingerprint density at radius 2 is 1.78 bits per heavy atom. The Balaban J connectivity index is 3.89. The van der Waals surface area contributed by atoms with E-state index in [4.69, 9.17) is 0 Å². The van der Waals surface area contributed by atoms with Gasteiger partial charge in [0.15, 0.2) is 0 Å². The highest BCUT2D eigenvalue weighted by molar-refractivity contribution is 5.05. The fraction of sp³-hybridized carbons (Fsp3) is 0.933. The Hall–Kier alpha value is -0.590. The minimum absolute atomic E-state index is 0.307. The van der Waals surface area contributed by atoms with Crippen molar-refractivity contribution >= 4 is 0 Å². The van der Waals surface area contributed by atoms with Crippen LogP contribution < -0.4 is 5.32 Å². The molecule has 3 heteroatoms. The molecular weight excluding hydrogens is 222 g/mol. The van der Waals surface area contributed by atoms with Crippen LogP contribution >= 0.6 is 0 Å². The van der Waals surface area contributed by atoms with Crippen molar-refractivity contribution in [3.8, 4) is 6.07 Å². The first kappa shape index (κ1) is 17.4. The Morgan fingerprint density at radius 3 is 2.28 bits per heavy atom.